The average molecular weight is 702 g/mol. The van der Waals surface area contributed by atoms with Crippen LogP contribution in [0.25, 0.3) is 0 Å². The molecule has 10 heteroatoms. The lowest BCUT2D eigenvalue weighted by molar-refractivity contribution is -0.870. The van der Waals surface area contributed by atoms with Crippen LogP contribution in [0, 0.1) is 0 Å². The van der Waals surface area contributed by atoms with Crippen LogP contribution >= 0.6 is 7.82 Å². The van der Waals surface area contributed by atoms with E-state index in [0.717, 1.165) is 57.8 Å². The summed E-state index contributed by atoms with van der Waals surface area (Å²) in [5.41, 5.74) is 0. The van der Waals surface area contributed by atoms with Gasteiger partial charge in [-0.15, -0.1) is 0 Å². The first-order chi connectivity index (χ1) is 23.0. The molecule has 0 amide bonds. The Morgan fingerprint density at radius 1 is 0.646 bits per heavy atom. The van der Waals surface area contributed by atoms with Crippen LogP contribution in [-0.4, -0.2) is 70.0 Å². The maximum atomic E-state index is 12.5. The number of ether oxygens (including phenoxy) is 2. The van der Waals surface area contributed by atoms with Gasteiger partial charge in [0.25, 0.3) is 7.82 Å². The molecule has 0 radical (unpaired) electrons. The Hall–Kier alpha value is -1.51. The van der Waals surface area contributed by atoms with E-state index in [9.17, 15) is 19.0 Å². The summed E-state index contributed by atoms with van der Waals surface area (Å²) in [4.78, 5) is 37.2. The molecule has 0 aliphatic rings. The van der Waals surface area contributed by atoms with E-state index in [4.69, 9.17) is 18.5 Å². The molecule has 0 saturated heterocycles. The minimum atomic E-state index is -4.61. The highest BCUT2D eigenvalue weighted by Crippen LogP contribution is 2.38. The summed E-state index contributed by atoms with van der Waals surface area (Å²) < 4.78 is 33.7. The lowest BCUT2D eigenvalue weighted by Gasteiger charge is -2.28. The van der Waals surface area contributed by atoms with Crippen molar-refractivity contribution in [1.82, 2.24) is 0 Å². The van der Waals surface area contributed by atoms with E-state index in [2.05, 4.69) is 38.2 Å². The Labute approximate surface area is 294 Å². The van der Waals surface area contributed by atoms with Crippen molar-refractivity contribution in [2.45, 2.75) is 161 Å². The van der Waals surface area contributed by atoms with Gasteiger partial charge in [0.15, 0.2) is 6.10 Å². The van der Waals surface area contributed by atoms with Crippen molar-refractivity contribution in [1.29, 1.82) is 0 Å². The number of carbonyl (C=O) groups excluding carboxylic acids is 2. The summed E-state index contributed by atoms with van der Waals surface area (Å²) in [6.45, 7) is 4.14. The van der Waals surface area contributed by atoms with Gasteiger partial charge >= 0.3 is 11.9 Å². The van der Waals surface area contributed by atoms with E-state index < -0.39 is 32.5 Å². The highest BCUT2D eigenvalue weighted by atomic mass is 31.2. The van der Waals surface area contributed by atoms with Crippen molar-refractivity contribution in [3.05, 3.63) is 24.3 Å². The monoisotopic (exact) mass is 701 g/mol. The molecule has 0 N–H and O–H groups in total. The lowest BCUT2D eigenvalue weighted by Crippen LogP contribution is -2.37. The third-order valence-electron chi connectivity index (χ3n) is 7.97. The van der Waals surface area contributed by atoms with Crippen molar-refractivity contribution >= 4 is 19.8 Å². The summed E-state index contributed by atoms with van der Waals surface area (Å²) in [7, 11) is 1.16. The van der Waals surface area contributed by atoms with Crippen LogP contribution in [0.15, 0.2) is 24.3 Å². The molecule has 48 heavy (non-hydrogen) atoms. The number of allylic oxidation sites excluding steroid dienone is 4. The van der Waals surface area contributed by atoms with Crippen LogP contribution in [-0.2, 0) is 32.7 Å². The Kier molecular flexibility index (Phi) is 30.5. The molecule has 0 heterocycles. The van der Waals surface area contributed by atoms with Gasteiger partial charge in [0.2, 0.25) is 0 Å². The second-order valence-corrected chi connectivity index (χ2v) is 15.4. The van der Waals surface area contributed by atoms with Crippen molar-refractivity contribution in [2.24, 2.45) is 0 Å². The number of hydrogen-bond donors (Lipinski definition) is 0. The molecule has 282 valence electrons. The molecule has 0 rings (SSSR count). The number of phosphoric ester groups is 1. The number of rotatable bonds is 34. The number of phosphoric acid groups is 1. The molecule has 0 bridgehead atoms. The number of nitrogens with zero attached hydrogens (tertiary/aromatic N) is 1. The van der Waals surface area contributed by atoms with Crippen molar-refractivity contribution in [3.63, 3.8) is 0 Å². The Balaban J connectivity index is 4.42. The fourth-order valence-electron chi connectivity index (χ4n) is 4.92. The number of carbonyl (C=O) groups is 2. The van der Waals surface area contributed by atoms with Gasteiger partial charge in [-0.25, -0.2) is 0 Å². The number of hydrogen-bond acceptors (Lipinski definition) is 8. The summed E-state index contributed by atoms with van der Waals surface area (Å²) in [5.74, 6) is -0.854. The fourth-order valence-corrected chi connectivity index (χ4v) is 5.65. The highest BCUT2D eigenvalue weighted by Gasteiger charge is 2.21. The van der Waals surface area contributed by atoms with E-state index in [1.165, 1.54) is 57.8 Å². The first kappa shape index (κ1) is 46.5. The standard InChI is InChI=1S/C38H72NO8P/c1-6-8-10-12-14-16-17-18-19-20-21-23-24-26-28-30-37(40)44-34-36(35-46-48(42,43)45-33-32-39(3,4)5)47-38(41)31-29-27-25-22-15-13-11-9-7-2/h14,16,18-19,36H,6-13,15,17,20-35H2,1-5H3/b16-14+,19-18+/t36-/m0/s1. The Bertz CT molecular complexity index is 886. The third kappa shape index (κ3) is 34.4. The Morgan fingerprint density at radius 2 is 1.12 bits per heavy atom. The summed E-state index contributed by atoms with van der Waals surface area (Å²) >= 11 is 0. The van der Waals surface area contributed by atoms with E-state index in [1.54, 1.807) is 0 Å². The second-order valence-electron chi connectivity index (χ2n) is 13.9. The van der Waals surface area contributed by atoms with E-state index in [1.807, 2.05) is 21.1 Å². The maximum absolute atomic E-state index is 12.5. The van der Waals surface area contributed by atoms with E-state index in [-0.39, 0.29) is 26.1 Å². The van der Waals surface area contributed by atoms with Crippen LogP contribution in [0.3, 0.4) is 0 Å². The van der Waals surface area contributed by atoms with Gasteiger partial charge in [-0.2, -0.15) is 0 Å². The van der Waals surface area contributed by atoms with Crippen LogP contribution in [0.4, 0.5) is 0 Å². The normalized spacial score (nSPS) is 14.0. The van der Waals surface area contributed by atoms with Gasteiger partial charge in [0.1, 0.15) is 19.8 Å². The molecule has 1 unspecified atom stereocenters. The molecule has 0 saturated carbocycles. The van der Waals surface area contributed by atoms with Gasteiger partial charge in [0.05, 0.1) is 27.7 Å². The van der Waals surface area contributed by atoms with Gasteiger partial charge in [-0.05, 0) is 44.9 Å². The minimum Gasteiger partial charge on any atom is -0.756 e. The lowest BCUT2D eigenvalue weighted by atomic mass is 10.1. The first-order valence-electron chi connectivity index (χ1n) is 19.0. The first-order valence-corrected chi connectivity index (χ1v) is 20.5. The topological polar surface area (TPSA) is 111 Å². The molecule has 0 fully saturated rings. The van der Waals surface area contributed by atoms with Gasteiger partial charge < -0.3 is 27.9 Å². The third-order valence-corrected chi connectivity index (χ3v) is 8.94. The van der Waals surface area contributed by atoms with Crippen molar-refractivity contribution in [2.75, 3.05) is 47.5 Å². The maximum Gasteiger partial charge on any atom is 0.306 e. The van der Waals surface area contributed by atoms with Crippen LogP contribution in [0.5, 0.6) is 0 Å². The number of unbranched alkanes of at least 4 members (excludes halogenated alkanes) is 16. The number of likely N-dealkylation sites (N-methyl/N-ethyl adjacent to an activating group) is 1. The van der Waals surface area contributed by atoms with Crippen molar-refractivity contribution < 1.29 is 42.1 Å². The van der Waals surface area contributed by atoms with Crippen molar-refractivity contribution in [3.8, 4) is 0 Å². The van der Waals surface area contributed by atoms with Gasteiger partial charge in [0, 0.05) is 12.8 Å². The highest BCUT2D eigenvalue weighted by molar-refractivity contribution is 7.45. The number of esters is 2. The van der Waals surface area contributed by atoms with Gasteiger partial charge in [-0.3, -0.25) is 14.2 Å². The van der Waals surface area contributed by atoms with Crippen LogP contribution in [0.2, 0.25) is 0 Å². The van der Waals surface area contributed by atoms with Crippen LogP contribution in [0.1, 0.15) is 155 Å². The molecule has 9 nitrogen and oxygen atoms in total. The second kappa shape index (κ2) is 31.5. The zero-order valence-corrected chi connectivity index (χ0v) is 32.3. The molecular weight excluding hydrogens is 629 g/mol. The molecule has 0 spiro atoms. The summed E-state index contributed by atoms with van der Waals surface area (Å²) in [6, 6.07) is 0. The molecule has 0 aliphatic carbocycles. The quantitative estimate of drug-likeness (QED) is 0.0215. The summed E-state index contributed by atoms with van der Waals surface area (Å²) in [6.07, 6.45) is 30.6. The molecule has 0 aromatic rings. The summed E-state index contributed by atoms with van der Waals surface area (Å²) in [5, 5.41) is 0. The smallest absolute Gasteiger partial charge is 0.306 e. The average Bonchev–Trinajstić information content (AvgIpc) is 3.02. The predicted molar refractivity (Wildman–Crippen MR) is 194 cm³/mol. The van der Waals surface area contributed by atoms with E-state index >= 15 is 0 Å². The molecule has 0 aromatic carbocycles. The predicted octanol–water partition coefficient (Wildman–Crippen LogP) is 9.38. The minimum absolute atomic E-state index is 0.0319. The molecule has 0 aliphatic heterocycles. The van der Waals surface area contributed by atoms with Gasteiger partial charge in [-0.1, -0.05) is 122 Å². The fraction of sp³-hybridized carbons (Fsp3) is 0.842. The zero-order chi connectivity index (χ0) is 35.8. The number of quaternary nitrogens is 1. The SMILES string of the molecule is CCCCC/C=C/C/C=C/CCCCCCCC(=O)OC[C@@H](COP(=O)([O-])OCC[N+](C)(C)C)OC(=O)CCCCCCCCCCC. The zero-order valence-electron chi connectivity index (χ0n) is 31.4. The molecule has 0 aromatic heterocycles. The van der Waals surface area contributed by atoms with E-state index in [0.29, 0.717) is 23.9 Å². The molecule has 2 atom stereocenters. The Morgan fingerprint density at radius 3 is 1.69 bits per heavy atom. The largest absolute Gasteiger partial charge is 0.756 e. The van der Waals surface area contributed by atoms with Crippen LogP contribution < -0.4 is 4.89 Å². The molecular formula is C38H72NO8P.